The standard InChI is InChI=1S/C29H54O8/c1-2-3-4-5-6-7-8-9-10-11-12-13-14-15-16-17-18-19-20-35-24(21-30)23-36-28-26(33)29(34)37-27(28)25(32)22-31/h24-25,27-28,30-32H,2-23H2,1H3/t24?,25-,27+,28?/m0/s1. The van der Waals surface area contributed by atoms with Gasteiger partial charge in [0.1, 0.15) is 12.2 Å². The second kappa shape index (κ2) is 22.9. The fourth-order valence-corrected chi connectivity index (χ4v) is 4.68. The SMILES string of the molecule is CCCCCCCCCCCCCCCCCCCCOC(CO)COC1C(=O)C(=O)O[C@@H]1[C@@H](O)CO. The van der Waals surface area contributed by atoms with E-state index >= 15 is 0 Å². The Labute approximate surface area is 224 Å². The van der Waals surface area contributed by atoms with E-state index in [4.69, 9.17) is 19.3 Å². The van der Waals surface area contributed by atoms with Crippen LogP contribution in [0.5, 0.6) is 0 Å². The van der Waals surface area contributed by atoms with Gasteiger partial charge in [0, 0.05) is 6.61 Å². The van der Waals surface area contributed by atoms with Crippen molar-refractivity contribution in [2.45, 2.75) is 147 Å². The minimum Gasteiger partial charge on any atom is -0.450 e. The highest BCUT2D eigenvalue weighted by molar-refractivity contribution is 6.37. The third-order valence-corrected chi connectivity index (χ3v) is 7.08. The first-order valence-corrected chi connectivity index (χ1v) is 14.9. The largest absolute Gasteiger partial charge is 0.450 e. The molecule has 0 aliphatic carbocycles. The van der Waals surface area contributed by atoms with Gasteiger partial charge in [-0.05, 0) is 6.42 Å². The first-order chi connectivity index (χ1) is 18.0. The van der Waals surface area contributed by atoms with Gasteiger partial charge < -0.3 is 29.5 Å². The maximum atomic E-state index is 11.9. The molecule has 0 bridgehead atoms. The van der Waals surface area contributed by atoms with Gasteiger partial charge >= 0.3 is 5.97 Å². The highest BCUT2D eigenvalue weighted by Gasteiger charge is 2.48. The second-order valence-electron chi connectivity index (χ2n) is 10.4. The number of carbonyl (C=O) groups excluding carboxylic acids is 2. The van der Waals surface area contributed by atoms with Crippen LogP contribution < -0.4 is 0 Å². The maximum absolute atomic E-state index is 11.9. The van der Waals surface area contributed by atoms with E-state index in [0.29, 0.717) is 6.61 Å². The van der Waals surface area contributed by atoms with Gasteiger partial charge in [0.2, 0.25) is 0 Å². The minimum atomic E-state index is -1.41. The first kappa shape index (κ1) is 34.0. The van der Waals surface area contributed by atoms with Crippen LogP contribution in [-0.4, -0.2) is 77.9 Å². The van der Waals surface area contributed by atoms with Gasteiger partial charge in [-0.3, -0.25) is 4.79 Å². The number of ketones is 1. The number of carbonyl (C=O) groups is 2. The molecule has 0 amide bonds. The molecule has 1 aliphatic rings. The molecule has 1 fully saturated rings. The third-order valence-electron chi connectivity index (χ3n) is 7.08. The van der Waals surface area contributed by atoms with Crippen LogP contribution in [-0.2, 0) is 23.8 Å². The number of esters is 1. The summed E-state index contributed by atoms with van der Waals surface area (Å²) in [7, 11) is 0. The quantitative estimate of drug-likeness (QED) is 0.0840. The van der Waals surface area contributed by atoms with Crippen molar-refractivity contribution in [1.82, 2.24) is 0 Å². The van der Waals surface area contributed by atoms with Crippen LogP contribution in [0.3, 0.4) is 0 Å². The molecule has 1 rings (SSSR count). The summed E-state index contributed by atoms with van der Waals surface area (Å²) in [6.07, 6.45) is 19.0. The van der Waals surface area contributed by atoms with E-state index in [9.17, 15) is 19.8 Å². The van der Waals surface area contributed by atoms with Crippen molar-refractivity contribution in [2.75, 3.05) is 26.4 Å². The molecule has 0 aromatic carbocycles. The monoisotopic (exact) mass is 530 g/mol. The van der Waals surface area contributed by atoms with Crippen LogP contribution in [0.2, 0.25) is 0 Å². The molecule has 0 radical (unpaired) electrons. The maximum Gasteiger partial charge on any atom is 0.378 e. The van der Waals surface area contributed by atoms with Gasteiger partial charge in [-0.1, -0.05) is 116 Å². The zero-order chi connectivity index (χ0) is 27.1. The molecular weight excluding hydrogens is 476 g/mol. The molecular formula is C29H54O8. The Balaban J connectivity index is 1.93. The van der Waals surface area contributed by atoms with Crippen LogP contribution in [0.15, 0.2) is 0 Å². The number of Topliss-reactive ketones (excluding diaryl/α,β-unsaturated/α-hetero) is 1. The molecule has 1 aliphatic heterocycles. The van der Waals surface area contributed by atoms with E-state index < -0.39 is 42.8 Å². The predicted molar refractivity (Wildman–Crippen MR) is 143 cm³/mol. The van der Waals surface area contributed by atoms with Crippen molar-refractivity contribution < 1.29 is 39.1 Å². The van der Waals surface area contributed by atoms with Gasteiger partial charge in [-0.2, -0.15) is 0 Å². The fourth-order valence-electron chi connectivity index (χ4n) is 4.68. The third kappa shape index (κ3) is 15.8. The van der Waals surface area contributed by atoms with Gasteiger partial charge in [0.25, 0.3) is 5.78 Å². The Morgan fingerprint density at radius 2 is 1.19 bits per heavy atom. The zero-order valence-electron chi connectivity index (χ0n) is 23.2. The Bertz CT molecular complexity index is 570. The summed E-state index contributed by atoms with van der Waals surface area (Å²) < 4.78 is 15.8. The van der Waals surface area contributed by atoms with Crippen LogP contribution in [0.1, 0.15) is 122 Å². The van der Waals surface area contributed by atoms with E-state index in [1.165, 1.54) is 103 Å². The lowest BCUT2D eigenvalue weighted by Crippen LogP contribution is -2.42. The number of hydrogen-bond donors (Lipinski definition) is 3. The first-order valence-electron chi connectivity index (χ1n) is 14.9. The Kier molecular flexibility index (Phi) is 21.0. The van der Waals surface area contributed by atoms with Crippen molar-refractivity contribution in [3.05, 3.63) is 0 Å². The highest BCUT2D eigenvalue weighted by Crippen LogP contribution is 2.20. The van der Waals surface area contributed by atoms with Crippen LogP contribution in [0.25, 0.3) is 0 Å². The Hall–Kier alpha value is -1.06. The van der Waals surface area contributed by atoms with Crippen molar-refractivity contribution >= 4 is 11.8 Å². The average Bonchev–Trinajstić information content (AvgIpc) is 3.19. The number of hydrogen-bond acceptors (Lipinski definition) is 8. The summed E-state index contributed by atoms with van der Waals surface area (Å²) in [5.74, 6) is -2.00. The summed E-state index contributed by atoms with van der Waals surface area (Å²) >= 11 is 0. The summed E-state index contributed by atoms with van der Waals surface area (Å²) in [4.78, 5) is 23.3. The lowest BCUT2D eigenvalue weighted by molar-refractivity contribution is -0.152. The predicted octanol–water partition coefficient (Wildman–Crippen LogP) is 4.64. The van der Waals surface area contributed by atoms with Crippen molar-refractivity contribution in [3.8, 4) is 0 Å². The van der Waals surface area contributed by atoms with E-state index in [1.807, 2.05) is 0 Å². The summed E-state index contributed by atoms with van der Waals surface area (Å²) in [6, 6.07) is 0. The van der Waals surface area contributed by atoms with Crippen LogP contribution in [0, 0.1) is 0 Å². The topological polar surface area (TPSA) is 123 Å². The second-order valence-corrected chi connectivity index (χ2v) is 10.4. The van der Waals surface area contributed by atoms with Crippen molar-refractivity contribution in [1.29, 1.82) is 0 Å². The van der Waals surface area contributed by atoms with Crippen molar-refractivity contribution in [2.24, 2.45) is 0 Å². The Morgan fingerprint density at radius 1 is 0.730 bits per heavy atom. The molecule has 1 saturated heterocycles. The number of aliphatic hydroxyl groups excluding tert-OH is 3. The summed E-state index contributed by atoms with van der Waals surface area (Å²) in [6.45, 7) is 1.68. The van der Waals surface area contributed by atoms with Gasteiger partial charge in [-0.25, -0.2) is 4.79 Å². The average molecular weight is 531 g/mol. The van der Waals surface area contributed by atoms with E-state index in [0.717, 1.165) is 12.8 Å². The van der Waals surface area contributed by atoms with E-state index in [1.54, 1.807) is 0 Å². The molecule has 4 atom stereocenters. The molecule has 0 aromatic rings. The molecule has 1 heterocycles. The number of rotatable bonds is 26. The molecule has 0 aromatic heterocycles. The molecule has 3 N–H and O–H groups in total. The molecule has 8 nitrogen and oxygen atoms in total. The zero-order valence-corrected chi connectivity index (χ0v) is 23.2. The summed E-state index contributed by atoms with van der Waals surface area (Å²) in [5.41, 5.74) is 0. The molecule has 2 unspecified atom stereocenters. The number of aliphatic hydroxyl groups is 3. The smallest absolute Gasteiger partial charge is 0.378 e. The normalized spacial score (nSPS) is 19.4. The van der Waals surface area contributed by atoms with Gasteiger partial charge in [-0.15, -0.1) is 0 Å². The molecule has 0 spiro atoms. The van der Waals surface area contributed by atoms with E-state index in [2.05, 4.69) is 6.92 Å². The molecule has 218 valence electrons. The van der Waals surface area contributed by atoms with Gasteiger partial charge in [0.15, 0.2) is 12.2 Å². The number of unbranched alkanes of at least 4 members (excludes halogenated alkanes) is 17. The van der Waals surface area contributed by atoms with Gasteiger partial charge in [0.05, 0.1) is 19.8 Å². The minimum absolute atomic E-state index is 0.114. The Morgan fingerprint density at radius 3 is 1.62 bits per heavy atom. The summed E-state index contributed by atoms with van der Waals surface area (Å²) in [5, 5.41) is 28.3. The number of cyclic esters (lactones) is 1. The lowest BCUT2D eigenvalue weighted by Gasteiger charge is -2.22. The molecule has 0 saturated carbocycles. The molecule has 8 heteroatoms. The van der Waals surface area contributed by atoms with Crippen molar-refractivity contribution in [3.63, 3.8) is 0 Å². The lowest BCUT2D eigenvalue weighted by atomic mass is 10.0. The van der Waals surface area contributed by atoms with Crippen LogP contribution in [0.4, 0.5) is 0 Å². The van der Waals surface area contributed by atoms with E-state index in [-0.39, 0.29) is 13.2 Å². The highest BCUT2D eigenvalue weighted by atomic mass is 16.6. The fraction of sp³-hybridized carbons (Fsp3) is 0.931. The molecule has 37 heavy (non-hydrogen) atoms. The number of ether oxygens (including phenoxy) is 3. The van der Waals surface area contributed by atoms with Crippen LogP contribution >= 0.6 is 0 Å².